The Morgan fingerprint density at radius 1 is 1.42 bits per heavy atom. The molecular formula is C16H16N4O3S. The van der Waals surface area contributed by atoms with E-state index in [1.165, 1.54) is 6.07 Å². The van der Waals surface area contributed by atoms with Crippen molar-refractivity contribution in [3.05, 3.63) is 52.5 Å². The lowest BCUT2D eigenvalue weighted by Crippen LogP contribution is -2.28. The molecule has 0 saturated heterocycles. The zero-order valence-corrected chi connectivity index (χ0v) is 13.7. The van der Waals surface area contributed by atoms with E-state index < -0.39 is 0 Å². The number of hydrogen-bond acceptors (Lipinski definition) is 6. The summed E-state index contributed by atoms with van der Waals surface area (Å²) in [5.74, 6) is 0.720. The first-order valence-electron chi connectivity index (χ1n) is 7.29. The monoisotopic (exact) mass is 344 g/mol. The molecule has 124 valence electrons. The first-order valence-corrected chi connectivity index (χ1v) is 8.27. The number of nitrogens with two attached hydrogens (primary N) is 1. The van der Waals surface area contributed by atoms with Crippen molar-refractivity contribution < 1.29 is 9.21 Å². The molecule has 2 heterocycles. The zero-order chi connectivity index (χ0) is 17.1. The van der Waals surface area contributed by atoms with Crippen LogP contribution in [0.3, 0.4) is 0 Å². The molecule has 8 heteroatoms. The SMILES string of the molecule is C[C@H](NC(=O)CSc1nc(N)cc(=O)[nH]1)c1cc2ccccc2o1. The smallest absolute Gasteiger partial charge is 0.253 e. The number of fused-ring (bicyclic) bond motifs is 1. The molecule has 24 heavy (non-hydrogen) atoms. The molecule has 3 rings (SSSR count). The van der Waals surface area contributed by atoms with Gasteiger partial charge in [-0.05, 0) is 19.1 Å². The number of aromatic amines is 1. The lowest BCUT2D eigenvalue weighted by atomic mass is 10.2. The second-order valence-corrected chi connectivity index (χ2v) is 6.20. The Balaban J connectivity index is 1.60. The number of anilines is 1. The first kappa shape index (κ1) is 16.1. The Labute approximate surface area is 141 Å². The minimum Gasteiger partial charge on any atom is -0.459 e. The van der Waals surface area contributed by atoms with Crippen LogP contribution in [0.25, 0.3) is 11.0 Å². The molecule has 0 spiro atoms. The second kappa shape index (κ2) is 6.79. The van der Waals surface area contributed by atoms with Crippen LogP contribution in [0.4, 0.5) is 5.82 Å². The molecule has 7 nitrogen and oxygen atoms in total. The number of carbonyl (C=O) groups excluding carboxylic acids is 1. The molecule has 0 radical (unpaired) electrons. The van der Waals surface area contributed by atoms with Gasteiger partial charge in [0.2, 0.25) is 5.91 Å². The normalized spacial score (nSPS) is 12.2. The van der Waals surface area contributed by atoms with Crippen molar-refractivity contribution in [3.8, 4) is 0 Å². The van der Waals surface area contributed by atoms with E-state index >= 15 is 0 Å². The van der Waals surface area contributed by atoms with Gasteiger partial charge in [0, 0.05) is 11.5 Å². The highest BCUT2D eigenvalue weighted by Crippen LogP contribution is 2.23. The minimum atomic E-state index is -0.346. The van der Waals surface area contributed by atoms with Crippen LogP contribution in [-0.4, -0.2) is 21.6 Å². The maximum Gasteiger partial charge on any atom is 0.253 e. The lowest BCUT2D eigenvalue weighted by molar-refractivity contribution is -0.119. The molecule has 1 aromatic carbocycles. The van der Waals surface area contributed by atoms with E-state index in [4.69, 9.17) is 10.2 Å². The van der Waals surface area contributed by atoms with Crippen molar-refractivity contribution in [3.63, 3.8) is 0 Å². The fraction of sp³-hybridized carbons (Fsp3) is 0.188. The summed E-state index contributed by atoms with van der Waals surface area (Å²) in [5, 5.41) is 4.15. The highest BCUT2D eigenvalue weighted by Gasteiger charge is 2.14. The van der Waals surface area contributed by atoms with Gasteiger partial charge in [-0.15, -0.1) is 0 Å². The van der Waals surface area contributed by atoms with E-state index in [0.717, 1.165) is 22.7 Å². The summed E-state index contributed by atoms with van der Waals surface area (Å²) >= 11 is 1.11. The number of para-hydroxylation sites is 1. The number of furan rings is 1. The summed E-state index contributed by atoms with van der Waals surface area (Å²) in [5.41, 5.74) is 5.94. The molecule has 0 aliphatic rings. The van der Waals surface area contributed by atoms with Gasteiger partial charge in [-0.25, -0.2) is 4.98 Å². The first-order chi connectivity index (χ1) is 11.5. The number of nitrogens with one attached hydrogen (secondary N) is 2. The van der Waals surface area contributed by atoms with Crippen molar-refractivity contribution in [2.75, 3.05) is 11.5 Å². The van der Waals surface area contributed by atoms with Gasteiger partial charge in [0.05, 0.1) is 11.8 Å². The standard InChI is InChI=1S/C16H16N4O3S/c1-9(12-6-10-4-2-3-5-11(10)23-12)18-15(22)8-24-16-19-13(17)7-14(21)20-16/h2-7,9H,8H2,1H3,(H,18,22)(H3,17,19,20,21)/t9-/m0/s1. The van der Waals surface area contributed by atoms with Gasteiger partial charge in [0.1, 0.15) is 17.2 Å². The number of amides is 1. The average molecular weight is 344 g/mol. The predicted octanol–water partition coefficient (Wildman–Crippen LogP) is 2.07. The summed E-state index contributed by atoms with van der Waals surface area (Å²) < 4.78 is 5.73. The maximum absolute atomic E-state index is 12.1. The van der Waals surface area contributed by atoms with Crippen LogP contribution in [0, 0.1) is 0 Å². The summed E-state index contributed by atoms with van der Waals surface area (Å²) in [6.07, 6.45) is 0. The summed E-state index contributed by atoms with van der Waals surface area (Å²) in [6.45, 7) is 1.85. The topological polar surface area (TPSA) is 114 Å². The Hall–Kier alpha value is -2.74. The number of H-pyrrole nitrogens is 1. The van der Waals surface area contributed by atoms with Crippen LogP contribution in [0.2, 0.25) is 0 Å². The van der Waals surface area contributed by atoms with Gasteiger partial charge < -0.3 is 20.5 Å². The molecule has 4 N–H and O–H groups in total. The lowest BCUT2D eigenvalue weighted by Gasteiger charge is -2.11. The molecule has 2 aromatic heterocycles. The van der Waals surface area contributed by atoms with Gasteiger partial charge in [0.15, 0.2) is 5.16 Å². The van der Waals surface area contributed by atoms with Gasteiger partial charge >= 0.3 is 0 Å². The van der Waals surface area contributed by atoms with Crippen molar-refractivity contribution in [2.24, 2.45) is 0 Å². The van der Waals surface area contributed by atoms with E-state index in [-0.39, 0.29) is 29.1 Å². The zero-order valence-electron chi connectivity index (χ0n) is 12.9. The van der Waals surface area contributed by atoms with Crippen LogP contribution in [0.15, 0.2) is 50.8 Å². The van der Waals surface area contributed by atoms with E-state index in [9.17, 15) is 9.59 Å². The van der Waals surface area contributed by atoms with Crippen LogP contribution < -0.4 is 16.6 Å². The summed E-state index contributed by atoms with van der Waals surface area (Å²) in [6, 6.07) is 10.5. The molecule has 0 bridgehead atoms. The Morgan fingerprint density at radius 3 is 2.96 bits per heavy atom. The van der Waals surface area contributed by atoms with Crippen molar-refractivity contribution in [2.45, 2.75) is 18.1 Å². The third-order valence-electron chi connectivity index (χ3n) is 3.33. The molecular weight excluding hydrogens is 328 g/mol. The number of thioether (sulfide) groups is 1. The number of benzene rings is 1. The molecule has 1 amide bonds. The van der Waals surface area contributed by atoms with Crippen LogP contribution in [-0.2, 0) is 4.79 Å². The van der Waals surface area contributed by atoms with Crippen LogP contribution >= 0.6 is 11.8 Å². The molecule has 0 fully saturated rings. The highest BCUT2D eigenvalue weighted by molar-refractivity contribution is 7.99. The Morgan fingerprint density at radius 2 is 2.21 bits per heavy atom. The van der Waals surface area contributed by atoms with Crippen LogP contribution in [0.5, 0.6) is 0 Å². The van der Waals surface area contributed by atoms with Crippen molar-refractivity contribution in [1.29, 1.82) is 0 Å². The number of carbonyl (C=O) groups is 1. The third kappa shape index (κ3) is 3.77. The molecule has 0 unspecified atom stereocenters. The fourth-order valence-electron chi connectivity index (χ4n) is 2.23. The number of aromatic nitrogens is 2. The quantitative estimate of drug-likeness (QED) is 0.482. The van der Waals surface area contributed by atoms with Crippen molar-refractivity contribution >= 4 is 34.5 Å². The number of nitrogen functional groups attached to an aromatic ring is 1. The molecule has 1 atom stereocenters. The molecule has 0 aliphatic carbocycles. The maximum atomic E-state index is 12.1. The number of rotatable bonds is 5. The van der Waals surface area contributed by atoms with Crippen molar-refractivity contribution in [1.82, 2.24) is 15.3 Å². The largest absolute Gasteiger partial charge is 0.459 e. The molecule has 0 aliphatic heterocycles. The van der Waals surface area contributed by atoms with Gasteiger partial charge in [-0.2, -0.15) is 0 Å². The Bertz CT molecular complexity index is 901. The van der Waals surface area contributed by atoms with E-state index in [0.29, 0.717) is 10.9 Å². The third-order valence-corrected chi connectivity index (χ3v) is 4.20. The van der Waals surface area contributed by atoms with Gasteiger partial charge in [-0.1, -0.05) is 30.0 Å². The second-order valence-electron chi connectivity index (χ2n) is 5.24. The fourth-order valence-corrected chi connectivity index (χ4v) is 2.92. The summed E-state index contributed by atoms with van der Waals surface area (Å²) in [7, 11) is 0. The molecule has 0 saturated carbocycles. The van der Waals surface area contributed by atoms with E-state index in [1.54, 1.807) is 0 Å². The van der Waals surface area contributed by atoms with Gasteiger partial charge in [0.25, 0.3) is 5.56 Å². The average Bonchev–Trinajstić information content (AvgIpc) is 2.96. The number of nitrogens with zero attached hydrogens (tertiary/aromatic N) is 1. The Kier molecular flexibility index (Phi) is 4.57. The van der Waals surface area contributed by atoms with E-state index in [1.807, 2.05) is 37.3 Å². The number of hydrogen-bond donors (Lipinski definition) is 3. The van der Waals surface area contributed by atoms with E-state index in [2.05, 4.69) is 15.3 Å². The van der Waals surface area contributed by atoms with Crippen LogP contribution in [0.1, 0.15) is 18.7 Å². The molecule has 3 aromatic rings. The summed E-state index contributed by atoms with van der Waals surface area (Å²) in [4.78, 5) is 29.8. The minimum absolute atomic E-state index is 0.108. The van der Waals surface area contributed by atoms with Gasteiger partial charge in [-0.3, -0.25) is 9.59 Å². The highest BCUT2D eigenvalue weighted by atomic mass is 32.2. The predicted molar refractivity (Wildman–Crippen MR) is 92.8 cm³/mol.